The molecule has 0 amide bonds. The van der Waals surface area contributed by atoms with Crippen LogP contribution in [0.3, 0.4) is 0 Å². The van der Waals surface area contributed by atoms with Gasteiger partial charge in [-0.15, -0.1) is 9.19 Å². The van der Waals surface area contributed by atoms with E-state index in [4.69, 9.17) is 11.6 Å². The second-order valence-electron chi connectivity index (χ2n) is 4.00. The first-order valence-corrected chi connectivity index (χ1v) is 8.12. The molecule has 0 spiro atoms. The first-order chi connectivity index (χ1) is 9.50. The molecule has 1 heterocycles. The third-order valence-corrected chi connectivity index (χ3v) is 5.53. The monoisotopic (exact) mass is 371 g/mol. The number of hydrogen-bond acceptors (Lipinski definition) is 4. The molecule has 0 aliphatic heterocycles. The first kappa shape index (κ1) is 13.5. The van der Waals surface area contributed by atoms with Gasteiger partial charge in [-0.2, -0.15) is 8.42 Å². The predicted molar refractivity (Wildman–Crippen MR) is 79.3 cm³/mol. The van der Waals surface area contributed by atoms with Gasteiger partial charge in [0.2, 0.25) is 0 Å². The number of benzene rings is 2. The Morgan fingerprint density at radius 3 is 2.70 bits per heavy atom. The largest absolute Gasteiger partial charge is 0.286 e. The Balaban J connectivity index is 2.29. The van der Waals surface area contributed by atoms with Crippen molar-refractivity contribution in [2.24, 2.45) is 0 Å². The highest BCUT2D eigenvalue weighted by molar-refractivity contribution is 9.10. The molecule has 0 unspecified atom stereocenters. The van der Waals surface area contributed by atoms with Gasteiger partial charge in [-0.1, -0.05) is 28.9 Å². The van der Waals surface area contributed by atoms with Gasteiger partial charge in [-0.05, 0) is 46.3 Å². The van der Waals surface area contributed by atoms with E-state index < -0.39 is 10.0 Å². The Bertz CT molecular complexity index is 908. The number of aromatic nitrogens is 3. The molecule has 3 aromatic rings. The van der Waals surface area contributed by atoms with E-state index in [1.165, 1.54) is 6.07 Å². The molecule has 20 heavy (non-hydrogen) atoms. The highest BCUT2D eigenvalue weighted by Crippen LogP contribution is 2.28. The fourth-order valence-corrected chi connectivity index (χ4v) is 4.21. The molecule has 8 heteroatoms. The van der Waals surface area contributed by atoms with E-state index in [2.05, 4.69) is 26.2 Å². The van der Waals surface area contributed by atoms with Crippen LogP contribution in [0.1, 0.15) is 0 Å². The van der Waals surface area contributed by atoms with Gasteiger partial charge >= 0.3 is 0 Å². The maximum Gasteiger partial charge on any atom is 0.286 e. The molecule has 5 nitrogen and oxygen atoms in total. The summed E-state index contributed by atoms with van der Waals surface area (Å²) in [5.41, 5.74) is 0.925. The molecule has 0 fully saturated rings. The zero-order valence-corrected chi connectivity index (χ0v) is 13.0. The number of para-hydroxylation sites is 1. The lowest BCUT2D eigenvalue weighted by atomic mass is 10.3. The molecule has 0 bridgehead atoms. The van der Waals surface area contributed by atoms with Gasteiger partial charge in [0, 0.05) is 9.50 Å². The summed E-state index contributed by atoms with van der Waals surface area (Å²) in [7, 11) is -3.86. The molecule has 0 saturated carbocycles. The van der Waals surface area contributed by atoms with E-state index in [1.54, 1.807) is 36.4 Å². The second kappa shape index (κ2) is 4.83. The van der Waals surface area contributed by atoms with Crippen LogP contribution in [0.4, 0.5) is 0 Å². The van der Waals surface area contributed by atoms with Crippen LogP contribution in [-0.4, -0.2) is 22.8 Å². The Labute approximate surface area is 128 Å². The van der Waals surface area contributed by atoms with E-state index in [0.29, 0.717) is 20.5 Å². The summed E-state index contributed by atoms with van der Waals surface area (Å²) in [5, 5.41) is 7.91. The van der Waals surface area contributed by atoms with Crippen molar-refractivity contribution in [3.05, 3.63) is 52.0 Å². The Morgan fingerprint density at radius 2 is 1.90 bits per heavy atom. The molecule has 0 radical (unpaired) electrons. The van der Waals surface area contributed by atoms with Crippen molar-refractivity contribution in [1.82, 2.24) is 14.4 Å². The standard InChI is InChI=1S/C12H7BrClN3O2S/c13-9-6-5-8(14)7-12(9)20(18,19)17-11-4-2-1-3-10(11)15-16-17/h1-7H. The quantitative estimate of drug-likeness (QED) is 0.693. The Kier molecular flexibility index (Phi) is 3.27. The molecule has 0 N–H and O–H groups in total. The SMILES string of the molecule is O=S(=O)(c1cc(Cl)ccc1Br)n1nnc2ccccc21. The van der Waals surface area contributed by atoms with E-state index in [0.717, 1.165) is 4.09 Å². The minimum atomic E-state index is -3.86. The van der Waals surface area contributed by atoms with Crippen LogP contribution in [-0.2, 0) is 10.0 Å². The fourth-order valence-electron chi connectivity index (χ4n) is 1.79. The lowest BCUT2D eigenvalue weighted by molar-refractivity contribution is 0.579. The van der Waals surface area contributed by atoms with Crippen LogP contribution in [0.2, 0.25) is 5.02 Å². The third kappa shape index (κ3) is 2.11. The summed E-state index contributed by atoms with van der Waals surface area (Å²) in [4.78, 5) is 0.0423. The zero-order valence-electron chi connectivity index (χ0n) is 9.86. The average molecular weight is 373 g/mol. The highest BCUT2D eigenvalue weighted by atomic mass is 79.9. The zero-order chi connectivity index (χ0) is 14.3. The van der Waals surface area contributed by atoms with Crippen LogP contribution >= 0.6 is 27.5 Å². The summed E-state index contributed by atoms with van der Waals surface area (Å²) in [6.07, 6.45) is 0. The minimum absolute atomic E-state index is 0.0423. The predicted octanol–water partition coefficient (Wildman–Crippen LogP) is 3.08. The van der Waals surface area contributed by atoms with Crippen LogP contribution < -0.4 is 0 Å². The smallest absolute Gasteiger partial charge is 0.199 e. The normalized spacial score (nSPS) is 11.9. The van der Waals surface area contributed by atoms with Gasteiger partial charge in [-0.25, -0.2) is 0 Å². The van der Waals surface area contributed by atoms with Crippen molar-refractivity contribution < 1.29 is 8.42 Å². The van der Waals surface area contributed by atoms with Gasteiger partial charge < -0.3 is 0 Å². The molecule has 3 rings (SSSR count). The average Bonchev–Trinajstić information content (AvgIpc) is 2.86. The molecular weight excluding hydrogens is 366 g/mol. The number of rotatable bonds is 2. The highest BCUT2D eigenvalue weighted by Gasteiger charge is 2.24. The van der Waals surface area contributed by atoms with Crippen LogP contribution in [0, 0.1) is 0 Å². The fraction of sp³-hybridized carbons (Fsp3) is 0. The van der Waals surface area contributed by atoms with Gasteiger partial charge in [0.1, 0.15) is 15.9 Å². The van der Waals surface area contributed by atoms with Crippen molar-refractivity contribution in [2.45, 2.75) is 4.90 Å². The molecule has 102 valence electrons. The van der Waals surface area contributed by atoms with Gasteiger partial charge in [0.25, 0.3) is 10.0 Å². The van der Waals surface area contributed by atoms with E-state index in [1.807, 2.05) is 0 Å². The van der Waals surface area contributed by atoms with Crippen molar-refractivity contribution >= 4 is 48.6 Å². The van der Waals surface area contributed by atoms with E-state index in [-0.39, 0.29) is 4.90 Å². The Hall–Kier alpha value is -1.44. The van der Waals surface area contributed by atoms with Crippen LogP contribution in [0.5, 0.6) is 0 Å². The summed E-state index contributed by atoms with van der Waals surface area (Å²) in [5.74, 6) is 0. The van der Waals surface area contributed by atoms with Crippen molar-refractivity contribution in [2.75, 3.05) is 0 Å². The molecule has 0 atom stereocenters. The lowest BCUT2D eigenvalue weighted by Gasteiger charge is -2.07. The van der Waals surface area contributed by atoms with Gasteiger partial charge in [0.05, 0.1) is 0 Å². The number of fused-ring (bicyclic) bond motifs is 1. The maximum absolute atomic E-state index is 12.7. The van der Waals surface area contributed by atoms with Crippen LogP contribution in [0.25, 0.3) is 11.0 Å². The molecule has 0 aliphatic rings. The summed E-state index contributed by atoms with van der Waals surface area (Å²) < 4.78 is 26.6. The maximum atomic E-state index is 12.7. The lowest BCUT2D eigenvalue weighted by Crippen LogP contribution is -2.15. The van der Waals surface area contributed by atoms with E-state index >= 15 is 0 Å². The number of hydrogen-bond donors (Lipinski definition) is 0. The summed E-state index contributed by atoms with van der Waals surface area (Å²) in [6, 6.07) is 11.4. The topological polar surface area (TPSA) is 64.8 Å². The van der Waals surface area contributed by atoms with Gasteiger partial charge in [-0.3, -0.25) is 0 Å². The molecule has 0 aliphatic carbocycles. The second-order valence-corrected chi connectivity index (χ2v) is 7.03. The Morgan fingerprint density at radius 1 is 1.15 bits per heavy atom. The number of nitrogens with zero attached hydrogens (tertiary/aromatic N) is 3. The molecule has 2 aromatic carbocycles. The summed E-state index contributed by atoms with van der Waals surface area (Å²) >= 11 is 9.09. The molecule has 0 saturated heterocycles. The third-order valence-electron chi connectivity index (χ3n) is 2.72. The minimum Gasteiger partial charge on any atom is -0.199 e. The van der Waals surface area contributed by atoms with Crippen molar-refractivity contribution in [3.8, 4) is 0 Å². The van der Waals surface area contributed by atoms with E-state index in [9.17, 15) is 8.42 Å². The van der Waals surface area contributed by atoms with Gasteiger partial charge in [0.15, 0.2) is 0 Å². The first-order valence-electron chi connectivity index (χ1n) is 5.51. The van der Waals surface area contributed by atoms with Crippen LogP contribution in [0.15, 0.2) is 51.8 Å². The van der Waals surface area contributed by atoms with Crippen molar-refractivity contribution in [3.63, 3.8) is 0 Å². The summed E-state index contributed by atoms with van der Waals surface area (Å²) in [6.45, 7) is 0. The molecular formula is C12H7BrClN3O2S. The van der Waals surface area contributed by atoms with Crippen molar-refractivity contribution in [1.29, 1.82) is 0 Å². The number of halogens is 2. The molecule has 1 aromatic heterocycles.